The number of alkyl carbamates (subject to hydrolysis) is 1. The number of hydrogen-bond donors (Lipinski definition) is 4. The van der Waals surface area contributed by atoms with Crippen molar-refractivity contribution >= 4 is 34.6 Å². The van der Waals surface area contributed by atoms with Crippen LogP contribution in [0.15, 0.2) is 91.1 Å². The molecular weight excluding hydrogens is 548 g/mol. The van der Waals surface area contributed by atoms with Crippen LogP contribution >= 0.6 is 0 Å². The Morgan fingerprint density at radius 3 is 2.23 bits per heavy atom. The van der Waals surface area contributed by atoms with Crippen LogP contribution in [-0.2, 0) is 36.9 Å². The van der Waals surface area contributed by atoms with Gasteiger partial charge in [0.1, 0.15) is 30.3 Å². The molecule has 1 aliphatic rings. The summed E-state index contributed by atoms with van der Waals surface area (Å²) in [5, 5.41) is 9.05. The lowest BCUT2D eigenvalue weighted by atomic mass is 9.94. The molecule has 1 aromatic heterocycles. The molecule has 0 radical (unpaired) electrons. The van der Waals surface area contributed by atoms with Crippen molar-refractivity contribution in [3.63, 3.8) is 0 Å². The van der Waals surface area contributed by atoms with E-state index in [-0.39, 0.29) is 25.4 Å². The highest BCUT2D eigenvalue weighted by Crippen LogP contribution is 2.33. The minimum Gasteiger partial charge on any atom is -0.445 e. The first-order valence-electron chi connectivity index (χ1n) is 14.1. The zero-order valence-electron chi connectivity index (χ0n) is 24.0. The lowest BCUT2D eigenvalue weighted by Gasteiger charge is -2.25. The van der Waals surface area contributed by atoms with Crippen molar-refractivity contribution in [2.75, 3.05) is 6.61 Å². The number of aromatic amines is 1. The van der Waals surface area contributed by atoms with Crippen LogP contribution in [0, 0.1) is 0 Å². The van der Waals surface area contributed by atoms with Crippen LogP contribution in [0.3, 0.4) is 0 Å². The van der Waals surface area contributed by atoms with E-state index in [0.29, 0.717) is 5.56 Å². The number of ether oxygens (including phenoxy) is 2. The molecule has 10 nitrogen and oxygen atoms in total. The molecule has 4 N–H and O–H groups in total. The average molecular weight is 583 g/mol. The Balaban J connectivity index is 1.32. The molecule has 1 fully saturated rings. The number of fused-ring (bicyclic) bond motifs is 1. The smallest absolute Gasteiger partial charge is 0.408 e. The molecule has 222 valence electrons. The fourth-order valence-corrected chi connectivity index (χ4v) is 4.78. The predicted molar refractivity (Wildman–Crippen MR) is 160 cm³/mol. The minimum absolute atomic E-state index is 0.0458. The number of carbonyl (C=O) groups is 4. The van der Waals surface area contributed by atoms with Gasteiger partial charge in [0.05, 0.1) is 6.61 Å². The summed E-state index contributed by atoms with van der Waals surface area (Å²) in [6, 6.07) is 22.6. The molecule has 0 bridgehead atoms. The second-order valence-electron chi connectivity index (χ2n) is 10.8. The first kappa shape index (κ1) is 29.5. The molecule has 0 aliphatic carbocycles. The second kappa shape index (κ2) is 12.9. The summed E-state index contributed by atoms with van der Waals surface area (Å²) in [5.41, 5.74) is 2.11. The number of aromatic nitrogens is 1. The number of benzene rings is 3. The zero-order valence-corrected chi connectivity index (χ0v) is 24.0. The molecule has 1 saturated heterocycles. The van der Waals surface area contributed by atoms with Gasteiger partial charge in [-0.15, -0.1) is 0 Å². The molecule has 2 heterocycles. The van der Waals surface area contributed by atoms with Gasteiger partial charge in [-0.1, -0.05) is 78.9 Å². The van der Waals surface area contributed by atoms with E-state index in [2.05, 4.69) is 20.9 Å². The van der Waals surface area contributed by atoms with Crippen molar-refractivity contribution in [1.29, 1.82) is 0 Å². The van der Waals surface area contributed by atoms with Gasteiger partial charge >= 0.3 is 6.09 Å². The van der Waals surface area contributed by atoms with Gasteiger partial charge in [0.15, 0.2) is 5.78 Å². The van der Waals surface area contributed by atoms with E-state index in [4.69, 9.17) is 9.47 Å². The van der Waals surface area contributed by atoms with Gasteiger partial charge in [-0.2, -0.15) is 0 Å². The van der Waals surface area contributed by atoms with Crippen LogP contribution in [0.2, 0.25) is 0 Å². The highest BCUT2D eigenvalue weighted by molar-refractivity contribution is 5.99. The van der Waals surface area contributed by atoms with Crippen LogP contribution < -0.4 is 16.0 Å². The Labute approximate surface area is 249 Å². The van der Waals surface area contributed by atoms with E-state index in [9.17, 15) is 19.2 Å². The van der Waals surface area contributed by atoms with Crippen LogP contribution in [0.5, 0.6) is 0 Å². The molecule has 3 aromatic carbocycles. The Bertz CT molecular complexity index is 1600. The van der Waals surface area contributed by atoms with Gasteiger partial charge in [-0.05, 0) is 36.6 Å². The SMILES string of the molecule is C[C@H](NC(=O)OCc1ccccc1)C(=O)N[C@@H](Cc1c[nH]c2ccccc12)C(=O)N[C@H](C(=O)[C@@]1(C)CO1)c1ccccc1. The van der Waals surface area contributed by atoms with Crippen LogP contribution in [-0.4, -0.2) is 53.0 Å². The van der Waals surface area contributed by atoms with Crippen molar-refractivity contribution < 1.29 is 28.7 Å². The fraction of sp³-hybridized carbons (Fsp3) is 0.273. The van der Waals surface area contributed by atoms with Gasteiger partial charge in [0, 0.05) is 23.5 Å². The summed E-state index contributed by atoms with van der Waals surface area (Å²) in [6.07, 6.45) is 1.16. The summed E-state index contributed by atoms with van der Waals surface area (Å²) in [5.74, 6) is -1.42. The van der Waals surface area contributed by atoms with Crippen molar-refractivity contribution in [3.8, 4) is 0 Å². The third-order valence-corrected chi connectivity index (χ3v) is 7.45. The Kier molecular flexibility index (Phi) is 8.87. The third kappa shape index (κ3) is 7.28. The predicted octanol–water partition coefficient (Wildman–Crippen LogP) is 3.73. The van der Waals surface area contributed by atoms with Gasteiger partial charge in [-0.3, -0.25) is 14.4 Å². The summed E-state index contributed by atoms with van der Waals surface area (Å²) in [7, 11) is 0. The van der Waals surface area contributed by atoms with E-state index in [0.717, 1.165) is 22.0 Å². The minimum atomic E-state index is -1.07. The molecule has 0 unspecified atom stereocenters. The van der Waals surface area contributed by atoms with Crippen molar-refractivity contribution in [2.45, 2.75) is 50.6 Å². The maximum atomic E-state index is 13.8. The maximum Gasteiger partial charge on any atom is 0.408 e. The number of amides is 3. The molecule has 4 aromatic rings. The molecule has 3 amide bonds. The van der Waals surface area contributed by atoms with Crippen molar-refractivity contribution in [2.24, 2.45) is 0 Å². The molecule has 0 spiro atoms. The lowest BCUT2D eigenvalue weighted by molar-refractivity contribution is -0.133. The van der Waals surface area contributed by atoms with E-state index in [1.807, 2.05) is 60.7 Å². The average Bonchev–Trinajstić information content (AvgIpc) is 3.66. The van der Waals surface area contributed by atoms with Gasteiger partial charge in [-0.25, -0.2) is 4.79 Å². The number of hydrogen-bond acceptors (Lipinski definition) is 6. The zero-order chi connectivity index (χ0) is 30.4. The summed E-state index contributed by atoms with van der Waals surface area (Å²) in [4.78, 5) is 56.1. The van der Waals surface area contributed by atoms with E-state index in [1.165, 1.54) is 6.92 Å². The topological polar surface area (TPSA) is 142 Å². The molecular formula is C33H34N4O6. The first-order valence-corrected chi connectivity index (χ1v) is 14.1. The van der Waals surface area contributed by atoms with Crippen LogP contribution in [0.25, 0.3) is 10.9 Å². The number of epoxide rings is 1. The number of rotatable bonds is 12. The Hall–Kier alpha value is -4.96. The van der Waals surface area contributed by atoms with E-state index >= 15 is 0 Å². The number of carbonyl (C=O) groups excluding carboxylic acids is 4. The van der Waals surface area contributed by atoms with Gasteiger partial charge in [0.25, 0.3) is 0 Å². The Morgan fingerprint density at radius 2 is 1.53 bits per heavy atom. The van der Waals surface area contributed by atoms with Crippen molar-refractivity contribution in [1.82, 2.24) is 20.9 Å². The molecule has 0 saturated carbocycles. The number of para-hydroxylation sites is 1. The third-order valence-electron chi connectivity index (χ3n) is 7.45. The van der Waals surface area contributed by atoms with Gasteiger partial charge < -0.3 is 30.4 Å². The second-order valence-corrected chi connectivity index (χ2v) is 10.8. The van der Waals surface area contributed by atoms with Crippen molar-refractivity contribution in [3.05, 3.63) is 108 Å². The maximum absolute atomic E-state index is 13.8. The number of nitrogens with one attached hydrogen (secondary N) is 4. The number of ketones is 1. The molecule has 5 rings (SSSR count). The van der Waals surface area contributed by atoms with E-state index < -0.39 is 41.6 Å². The highest BCUT2D eigenvalue weighted by Gasteiger charge is 2.50. The van der Waals surface area contributed by atoms with E-state index in [1.54, 1.807) is 37.4 Å². The molecule has 10 heteroatoms. The van der Waals surface area contributed by atoms with Crippen LogP contribution in [0.1, 0.15) is 36.6 Å². The lowest BCUT2D eigenvalue weighted by Crippen LogP contribution is -2.55. The summed E-state index contributed by atoms with van der Waals surface area (Å²) in [6.45, 7) is 3.50. The normalized spacial score (nSPS) is 17.7. The molecule has 1 aliphatic heterocycles. The molecule has 43 heavy (non-hydrogen) atoms. The highest BCUT2D eigenvalue weighted by atomic mass is 16.6. The molecule has 4 atom stereocenters. The van der Waals surface area contributed by atoms with Crippen LogP contribution in [0.4, 0.5) is 4.79 Å². The quantitative estimate of drug-likeness (QED) is 0.188. The fourth-order valence-electron chi connectivity index (χ4n) is 4.78. The number of H-pyrrole nitrogens is 1. The number of Topliss-reactive ketones (excluding diaryl/α,β-unsaturated/α-hetero) is 1. The standard InChI is InChI=1S/C33H34N4O6/c1-21(35-32(41)42-19-22-11-5-3-6-12-22)30(39)36-27(17-24-18-34-26-16-10-9-15-25(24)26)31(40)37-28(23-13-7-4-8-14-23)29(38)33(2)20-43-33/h3-16,18,21,27-28,34H,17,19-20H2,1-2H3,(H,35,41)(H,36,39)(H,37,40)/t21-,27-,28-,33+/m0/s1. The summed E-state index contributed by atoms with van der Waals surface area (Å²) < 4.78 is 10.6. The summed E-state index contributed by atoms with van der Waals surface area (Å²) >= 11 is 0. The Morgan fingerprint density at radius 1 is 0.884 bits per heavy atom. The largest absolute Gasteiger partial charge is 0.445 e. The first-order chi connectivity index (χ1) is 20.7. The van der Waals surface area contributed by atoms with Gasteiger partial charge in [0.2, 0.25) is 11.8 Å². The monoisotopic (exact) mass is 582 g/mol.